The maximum atomic E-state index is 6.63. The molecule has 0 bridgehead atoms. The summed E-state index contributed by atoms with van der Waals surface area (Å²) in [6.07, 6.45) is 5.22. The Bertz CT molecular complexity index is 372. The Kier molecular flexibility index (Phi) is 6.37. The number of unbranched alkanes of at least 4 members (excludes halogenated alkanes) is 1. The summed E-state index contributed by atoms with van der Waals surface area (Å²) in [5.41, 5.74) is 2.97. The van der Waals surface area contributed by atoms with Crippen LogP contribution in [-0.2, 0) is 6.42 Å². The van der Waals surface area contributed by atoms with Crippen molar-refractivity contribution >= 4 is 8.32 Å². The van der Waals surface area contributed by atoms with Gasteiger partial charge in [-0.3, -0.25) is 0 Å². The molecule has 1 rings (SSSR count). The third-order valence-corrected chi connectivity index (χ3v) is 10.4. The Balaban J connectivity index is 3.04. The summed E-state index contributed by atoms with van der Waals surface area (Å²) < 4.78 is 12.3. The quantitative estimate of drug-likeness (QED) is 0.535. The van der Waals surface area contributed by atoms with Gasteiger partial charge >= 0.3 is 0 Å². The van der Waals surface area contributed by atoms with Crippen molar-refractivity contribution in [3.8, 4) is 5.95 Å². The van der Waals surface area contributed by atoms with Crippen LogP contribution in [0.1, 0.15) is 66.9 Å². The molecule has 0 atom stereocenters. The molecule has 1 aromatic heterocycles. The minimum absolute atomic E-state index is 0.576. The Morgan fingerprint density at radius 2 is 1.60 bits per heavy atom. The molecule has 116 valence electrons. The number of hydrogen-bond donors (Lipinski definition) is 0. The van der Waals surface area contributed by atoms with E-state index in [1.165, 1.54) is 18.4 Å². The molecule has 0 fully saturated rings. The van der Waals surface area contributed by atoms with Gasteiger partial charge in [0.2, 0.25) is 0 Å². The standard InChI is InChI=1S/C17H32O2Si/c1-8-9-10-16-11-12-18-17(16)19-20(13(2)3,14(4)5)15(6)7/h11-15H,8-10H2,1-7H3. The molecule has 0 amide bonds. The van der Waals surface area contributed by atoms with Gasteiger partial charge in [-0.2, -0.15) is 0 Å². The van der Waals surface area contributed by atoms with E-state index >= 15 is 0 Å². The highest BCUT2D eigenvalue weighted by Gasteiger charge is 2.47. The highest BCUT2D eigenvalue weighted by atomic mass is 28.4. The fourth-order valence-corrected chi connectivity index (χ4v) is 8.69. The lowest BCUT2D eigenvalue weighted by Crippen LogP contribution is -2.50. The van der Waals surface area contributed by atoms with Crippen LogP contribution >= 0.6 is 0 Å². The van der Waals surface area contributed by atoms with Crippen molar-refractivity contribution < 1.29 is 8.84 Å². The van der Waals surface area contributed by atoms with Crippen molar-refractivity contribution in [1.82, 2.24) is 0 Å². The van der Waals surface area contributed by atoms with Gasteiger partial charge < -0.3 is 8.84 Å². The summed E-state index contributed by atoms with van der Waals surface area (Å²) in [5, 5.41) is 0. The lowest BCUT2D eigenvalue weighted by molar-refractivity contribution is 0.354. The lowest BCUT2D eigenvalue weighted by atomic mass is 10.1. The van der Waals surface area contributed by atoms with Gasteiger partial charge in [-0.15, -0.1) is 0 Å². The fourth-order valence-electron chi connectivity index (χ4n) is 3.48. The molecule has 0 aliphatic heterocycles. The van der Waals surface area contributed by atoms with Crippen LogP contribution in [0, 0.1) is 0 Å². The molecule has 0 spiro atoms. The van der Waals surface area contributed by atoms with E-state index in [1.807, 2.05) is 0 Å². The summed E-state index contributed by atoms with van der Waals surface area (Å²) in [6.45, 7) is 16.1. The zero-order valence-corrected chi connectivity index (χ0v) is 15.3. The molecular weight excluding hydrogens is 264 g/mol. The number of rotatable bonds is 8. The van der Waals surface area contributed by atoms with Crippen molar-refractivity contribution in [3.63, 3.8) is 0 Å². The van der Waals surface area contributed by atoms with Gasteiger partial charge in [-0.05, 0) is 35.5 Å². The first-order valence-electron chi connectivity index (χ1n) is 8.11. The Hall–Kier alpha value is -0.703. The average Bonchev–Trinajstić information content (AvgIpc) is 2.79. The second-order valence-electron chi connectivity index (χ2n) is 6.76. The molecule has 0 N–H and O–H groups in total. The normalized spacial score (nSPS) is 12.7. The molecular formula is C17H32O2Si. The Labute approximate surface area is 126 Å². The predicted molar refractivity (Wildman–Crippen MR) is 89.0 cm³/mol. The van der Waals surface area contributed by atoms with Gasteiger partial charge in [0.1, 0.15) is 0 Å². The number of aryl methyl sites for hydroxylation is 1. The highest BCUT2D eigenvalue weighted by Crippen LogP contribution is 2.43. The third-order valence-electron chi connectivity index (χ3n) is 4.48. The minimum Gasteiger partial charge on any atom is -0.518 e. The first kappa shape index (κ1) is 17.3. The van der Waals surface area contributed by atoms with Gasteiger partial charge in [-0.25, -0.2) is 0 Å². The van der Waals surface area contributed by atoms with Gasteiger partial charge in [0, 0.05) is 5.56 Å². The van der Waals surface area contributed by atoms with Gasteiger partial charge in [0.15, 0.2) is 0 Å². The van der Waals surface area contributed by atoms with Crippen LogP contribution in [0.5, 0.6) is 5.95 Å². The average molecular weight is 297 g/mol. The van der Waals surface area contributed by atoms with Crippen LogP contribution in [0.15, 0.2) is 16.7 Å². The molecule has 2 nitrogen and oxygen atoms in total. The van der Waals surface area contributed by atoms with Crippen LogP contribution < -0.4 is 4.43 Å². The minimum atomic E-state index is -1.90. The van der Waals surface area contributed by atoms with Crippen LogP contribution in [0.25, 0.3) is 0 Å². The molecule has 0 aliphatic rings. The van der Waals surface area contributed by atoms with Crippen LogP contribution in [-0.4, -0.2) is 8.32 Å². The van der Waals surface area contributed by atoms with Crippen molar-refractivity contribution in [2.24, 2.45) is 0 Å². The molecule has 1 aromatic rings. The molecule has 3 heteroatoms. The first-order chi connectivity index (χ1) is 9.36. The van der Waals surface area contributed by atoms with E-state index in [4.69, 9.17) is 8.84 Å². The number of furan rings is 1. The molecule has 20 heavy (non-hydrogen) atoms. The Morgan fingerprint density at radius 3 is 2.05 bits per heavy atom. The molecule has 0 radical (unpaired) electrons. The second kappa shape index (κ2) is 7.35. The molecule has 1 heterocycles. The maximum Gasteiger partial charge on any atom is 0.273 e. The summed E-state index contributed by atoms with van der Waals surface area (Å²) in [5.74, 6) is 0.793. The molecule has 0 unspecified atom stereocenters. The monoisotopic (exact) mass is 296 g/mol. The van der Waals surface area contributed by atoms with Crippen LogP contribution in [0.4, 0.5) is 0 Å². The first-order valence-corrected chi connectivity index (χ1v) is 10.3. The third kappa shape index (κ3) is 3.49. The van der Waals surface area contributed by atoms with Crippen molar-refractivity contribution in [2.75, 3.05) is 0 Å². The Morgan fingerprint density at radius 1 is 1.05 bits per heavy atom. The van der Waals surface area contributed by atoms with E-state index in [0.717, 1.165) is 12.4 Å². The predicted octanol–water partition coefficient (Wildman–Crippen LogP) is 6.18. The van der Waals surface area contributed by atoms with Crippen LogP contribution in [0.3, 0.4) is 0 Å². The zero-order valence-electron chi connectivity index (χ0n) is 14.3. The van der Waals surface area contributed by atoms with E-state index in [0.29, 0.717) is 16.6 Å². The van der Waals surface area contributed by atoms with E-state index in [1.54, 1.807) is 6.26 Å². The van der Waals surface area contributed by atoms with E-state index < -0.39 is 8.32 Å². The summed E-state index contributed by atoms with van der Waals surface area (Å²) in [7, 11) is -1.90. The molecule has 0 aromatic carbocycles. The SMILES string of the molecule is CCCCc1ccoc1O[Si](C(C)C)(C(C)C)C(C)C. The summed E-state index contributed by atoms with van der Waals surface area (Å²) in [4.78, 5) is 0. The highest BCUT2D eigenvalue weighted by molar-refractivity contribution is 6.78. The van der Waals surface area contributed by atoms with Gasteiger partial charge in [0.25, 0.3) is 14.3 Å². The largest absolute Gasteiger partial charge is 0.518 e. The van der Waals surface area contributed by atoms with Gasteiger partial charge in [0.05, 0.1) is 6.26 Å². The van der Waals surface area contributed by atoms with Crippen LogP contribution in [0.2, 0.25) is 16.6 Å². The summed E-state index contributed by atoms with van der Waals surface area (Å²) >= 11 is 0. The lowest BCUT2D eigenvalue weighted by Gasteiger charge is -2.41. The maximum absolute atomic E-state index is 6.63. The zero-order chi connectivity index (χ0) is 15.3. The van der Waals surface area contributed by atoms with E-state index in [2.05, 4.69) is 54.5 Å². The summed E-state index contributed by atoms with van der Waals surface area (Å²) in [6, 6.07) is 2.07. The molecule has 0 saturated heterocycles. The van der Waals surface area contributed by atoms with Crippen molar-refractivity contribution in [2.45, 2.75) is 84.4 Å². The van der Waals surface area contributed by atoms with E-state index in [-0.39, 0.29) is 0 Å². The fraction of sp³-hybridized carbons (Fsp3) is 0.765. The van der Waals surface area contributed by atoms with Crippen molar-refractivity contribution in [1.29, 1.82) is 0 Å². The number of hydrogen-bond acceptors (Lipinski definition) is 2. The molecule has 0 aliphatic carbocycles. The smallest absolute Gasteiger partial charge is 0.273 e. The topological polar surface area (TPSA) is 22.4 Å². The second-order valence-corrected chi connectivity index (χ2v) is 12.1. The van der Waals surface area contributed by atoms with Gasteiger partial charge in [-0.1, -0.05) is 54.9 Å². The van der Waals surface area contributed by atoms with E-state index in [9.17, 15) is 0 Å². The molecule has 0 saturated carbocycles. The van der Waals surface area contributed by atoms with Crippen molar-refractivity contribution in [3.05, 3.63) is 17.9 Å².